The van der Waals surface area contributed by atoms with E-state index in [1.54, 1.807) is 43.5 Å². The Morgan fingerprint density at radius 1 is 1.17 bits per heavy atom. The summed E-state index contributed by atoms with van der Waals surface area (Å²) in [6, 6.07) is 12.2. The average Bonchev–Trinajstić information content (AvgIpc) is 2.58. The number of hydrogen-bond donors (Lipinski definition) is 2. The molecule has 0 saturated heterocycles. The van der Waals surface area contributed by atoms with Crippen molar-refractivity contribution in [2.75, 3.05) is 20.8 Å². The number of halogens is 1. The number of hydrogen-bond acceptors (Lipinski definition) is 4. The normalized spacial score (nSPS) is 11.7. The number of nitrogens with one attached hydrogen (secondary N) is 1. The van der Waals surface area contributed by atoms with Gasteiger partial charge in [0.2, 0.25) is 0 Å². The summed E-state index contributed by atoms with van der Waals surface area (Å²) in [4.78, 5) is 12.1. The minimum Gasteiger partial charge on any atom is -0.493 e. The fourth-order valence-corrected chi connectivity index (χ4v) is 2.50. The number of amides is 1. The summed E-state index contributed by atoms with van der Waals surface area (Å²) in [7, 11) is 3.08. The van der Waals surface area contributed by atoms with Crippen molar-refractivity contribution in [3.05, 3.63) is 58.1 Å². The van der Waals surface area contributed by atoms with E-state index in [-0.39, 0.29) is 12.5 Å². The Morgan fingerprint density at radius 3 is 2.57 bits per heavy atom. The average molecular weight is 380 g/mol. The lowest BCUT2D eigenvalue weighted by Gasteiger charge is -2.15. The fourth-order valence-electron chi connectivity index (χ4n) is 2.10. The minimum absolute atomic E-state index is 0.0980. The predicted molar refractivity (Wildman–Crippen MR) is 91.0 cm³/mol. The molecule has 5 nitrogen and oxygen atoms in total. The SMILES string of the molecule is COc1ccc(C(O)CNC(=O)c2cccc(Br)c2)cc1OC. The topological polar surface area (TPSA) is 67.8 Å². The van der Waals surface area contributed by atoms with Crippen LogP contribution in [0.1, 0.15) is 22.0 Å². The first-order valence-corrected chi connectivity index (χ1v) is 7.78. The first-order chi connectivity index (χ1) is 11.0. The molecule has 0 fully saturated rings. The van der Waals surface area contributed by atoms with E-state index in [2.05, 4.69) is 21.2 Å². The summed E-state index contributed by atoms with van der Waals surface area (Å²) >= 11 is 3.32. The smallest absolute Gasteiger partial charge is 0.251 e. The van der Waals surface area contributed by atoms with Crippen LogP contribution in [0.15, 0.2) is 46.9 Å². The van der Waals surface area contributed by atoms with Crippen molar-refractivity contribution < 1.29 is 19.4 Å². The second-order valence-electron chi connectivity index (χ2n) is 4.85. The van der Waals surface area contributed by atoms with Crippen LogP contribution in [0.5, 0.6) is 11.5 Å². The van der Waals surface area contributed by atoms with Gasteiger partial charge in [-0.1, -0.05) is 28.1 Å². The molecule has 0 aliphatic heterocycles. The lowest BCUT2D eigenvalue weighted by Crippen LogP contribution is -2.28. The molecule has 23 heavy (non-hydrogen) atoms. The van der Waals surface area contributed by atoms with Gasteiger partial charge in [0.15, 0.2) is 11.5 Å². The molecular formula is C17H18BrNO4. The Kier molecular flexibility index (Phi) is 6.01. The summed E-state index contributed by atoms with van der Waals surface area (Å²) < 4.78 is 11.2. The molecule has 2 N–H and O–H groups in total. The predicted octanol–water partition coefficient (Wildman–Crippen LogP) is 2.93. The minimum atomic E-state index is -0.842. The van der Waals surface area contributed by atoms with Gasteiger partial charge < -0.3 is 19.9 Å². The van der Waals surface area contributed by atoms with Gasteiger partial charge in [-0.3, -0.25) is 4.79 Å². The van der Waals surface area contributed by atoms with Crippen LogP contribution in [0.2, 0.25) is 0 Å². The van der Waals surface area contributed by atoms with Crippen molar-refractivity contribution in [1.29, 1.82) is 0 Å². The molecule has 0 heterocycles. The lowest BCUT2D eigenvalue weighted by molar-refractivity contribution is 0.0916. The van der Waals surface area contributed by atoms with E-state index in [1.807, 2.05) is 6.07 Å². The molecule has 2 rings (SSSR count). The van der Waals surface area contributed by atoms with Crippen LogP contribution in [0.3, 0.4) is 0 Å². The molecule has 0 saturated carbocycles. The van der Waals surface area contributed by atoms with Crippen molar-refractivity contribution in [2.45, 2.75) is 6.10 Å². The van der Waals surface area contributed by atoms with E-state index >= 15 is 0 Å². The number of carbonyl (C=O) groups excluding carboxylic acids is 1. The zero-order chi connectivity index (χ0) is 16.8. The van der Waals surface area contributed by atoms with E-state index in [0.29, 0.717) is 22.6 Å². The molecule has 0 bridgehead atoms. The van der Waals surface area contributed by atoms with Gasteiger partial charge in [-0.2, -0.15) is 0 Å². The van der Waals surface area contributed by atoms with Crippen molar-refractivity contribution >= 4 is 21.8 Å². The number of benzene rings is 2. The van der Waals surface area contributed by atoms with Gasteiger partial charge in [-0.05, 0) is 35.9 Å². The van der Waals surface area contributed by atoms with E-state index in [9.17, 15) is 9.90 Å². The van der Waals surface area contributed by atoms with Crippen LogP contribution < -0.4 is 14.8 Å². The molecule has 0 aliphatic carbocycles. The Bertz CT molecular complexity index is 690. The van der Waals surface area contributed by atoms with Gasteiger partial charge in [-0.25, -0.2) is 0 Å². The summed E-state index contributed by atoms with van der Waals surface area (Å²) in [5.74, 6) is 0.870. The van der Waals surface area contributed by atoms with Crippen LogP contribution in [0.25, 0.3) is 0 Å². The largest absolute Gasteiger partial charge is 0.493 e. The molecule has 122 valence electrons. The van der Waals surface area contributed by atoms with Crippen LogP contribution >= 0.6 is 15.9 Å². The third-order valence-electron chi connectivity index (χ3n) is 3.34. The summed E-state index contributed by atoms with van der Waals surface area (Å²) in [6.45, 7) is 0.0980. The number of ether oxygens (including phenoxy) is 2. The first-order valence-electron chi connectivity index (χ1n) is 6.99. The maximum atomic E-state index is 12.1. The zero-order valence-corrected chi connectivity index (χ0v) is 14.5. The monoisotopic (exact) mass is 379 g/mol. The summed E-state index contributed by atoms with van der Waals surface area (Å²) in [5, 5.41) is 12.9. The third kappa shape index (κ3) is 4.46. The van der Waals surface area contributed by atoms with Crippen molar-refractivity contribution in [2.24, 2.45) is 0 Å². The third-order valence-corrected chi connectivity index (χ3v) is 3.83. The van der Waals surface area contributed by atoms with Gasteiger partial charge in [0, 0.05) is 16.6 Å². The summed E-state index contributed by atoms with van der Waals surface area (Å²) in [5.41, 5.74) is 1.16. The molecule has 0 aliphatic rings. The van der Waals surface area contributed by atoms with Crippen molar-refractivity contribution in [3.63, 3.8) is 0 Å². The second kappa shape index (κ2) is 7.99. The molecule has 2 aromatic carbocycles. The first kappa shape index (κ1) is 17.3. The Hall–Kier alpha value is -2.05. The second-order valence-corrected chi connectivity index (χ2v) is 5.77. The Labute approximate surface area is 143 Å². The maximum absolute atomic E-state index is 12.1. The van der Waals surface area contributed by atoms with Gasteiger partial charge in [0.05, 0.1) is 20.3 Å². The van der Waals surface area contributed by atoms with E-state index in [0.717, 1.165) is 4.47 Å². The highest BCUT2D eigenvalue weighted by Gasteiger charge is 2.13. The Balaban J connectivity index is 2.02. The fraction of sp³-hybridized carbons (Fsp3) is 0.235. The zero-order valence-electron chi connectivity index (χ0n) is 12.9. The molecule has 0 spiro atoms. The van der Waals surface area contributed by atoms with Gasteiger partial charge in [0.1, 0.15) is 0 Å². The van der Waals surface area contributed by atoms with Crippen LogP contribution in [0, 0.1) is 0 Å². The molecule has 0 aromatic heterocycles. The van der Waals surface area contributed by atoms with Gasteiger partial charge in [-0.15, -0.1) is 0 Å². The highest BCUT2D eigenvalue weighted by atomic mass is 79.9. The van der Waals surface area contributed by atoms with E-state index in [1.165, 1.54) is 7.11 Å². The molecule has 0 radical (unpaired) electrons. The van der Waals surface area contributed by atoms with Crippen molar-refractivity contribution in [3.8, 4) is 11.5 Å². The molecular weight excluding hydrogens is 362 g/mol. The maximum Gasteiger partial charge on any atom is 0.251 e. The Morgan fingerprint density at radius 2 is 1.91 bits per heavy atom. The quantitative estimate of drug-likeness (QED) is 0.809. The number of aliphatic hydroxyl groups is 1. The lowest BCUT2D eigenvalue weighted by atomic mass is 10.1. The van der Waals surface area contributed by atoms with Gasteiger partial charge >= 0.3 is 0 Å². The number of methoxy groups -OCH3 is 2. The molecule has 1 unspecified atom stereocenters. The highest BCUT2D eigenvalue weighted by Crippen LogP contribution is 2.29. The molecule has 1 amide bonds. The number of rotatable bonds is 6. The number of carbonyl (C=O) groups is 1. The molecule has 2 aromatic rings. The molecule has 6 heteroatoms. The van der Waals surface area contributed by atoms with Gasteiger partial charge in [0.25, 0.3) is 5.91 Å². The van der Waals surface area contributed by atoms with Crippen LogP contribution in [-0.2, 0) is 0 Å². The molecule has 1 atom stereocenters. The standard InChI is InChI=1S/C17H18BrNO4/c1-22-15-7-6-11(9-16(15)23-2)14(20)10-19-17(21)12-4-3-5-13(18)8-12/h3-9,14,20H,10H2,1-2H3,(H,19,21). The van der Waals surface area contributed by atoms with E-state index < -0.39 is 6.10 Å². The highest BCUT2D eigenvalue weighted by molar-refractivity contribution is 9.10. The van der Waals surface area contributed by atoms with Crippen molar-refractivity contribution in [1.82, 2.24) is 5.32 Å². The number of aliphatic hydroxyl groups excluding tert-OH is 1. The summed E-state index contributed by atoms with van der Waals surface area (Å²) in [6.07, 6.45) is -0.842. The van der Waals surface area contributed by atoms with Crippen LogP contribution in [0.4, 0.5) is 0 Å². The van der Waals surface area contributed by atoms with Crippen LogP contribution in [-0.4, -0.2) is 31.8 Å². The van der Waals surface area contributed by atoms with E-state index in [4.69, 9.17) is 9.47 Å².